The zero-order valence-electron chi connectivity index (χ0n) is 8.57. The van der Waals surface area contributed by atoms with E-state index in [0.717, 1.165) is 11.4 Å². The molecule has 1 aromatic rings. The Balaban J connectivity index is 3.08. The number of hydrogen-bond donors (Lipinski definition) is 0. The molecule has 1 rings (SSSR count). The molecule has 2 nitrogen and oxygen atoms in total. The first-order valence-electron chi connectivity index (χ1n) is 4.47. The molecule has 0 fully saturated rings. The van der Waals surface area contributed by atoms with Crippen molar-refractivity contribution < 1.29 is 0 Å². The van der Waals surface area contributed by atoms with Gasteiger partial charge in [-0.3, -0.25) is 4.99 Å². The van der Waals surface area contributed by atoms with E-state index in [1.807, 2.05) is 31.2 Å². The van der Waals surface area contributed by atoms with E-state index in [2.05, 4.69) is 16.6 Å². The number of amidine groups is 1. The molecule has 0 radical (unpaired) electrons. The van der Waals surface area contributed by atoms with Crippen LogP contribution in [0.1, 0.15) is 11.1 Å². The van der Waals surface area contributed by atoms with Crippen LogP contribution in [0.2, 0.25) is 0 Å². The van der Waals surface area contributed by atoms with E-state index in [1.165, 1.54) is 5.56 Å². The lowest BCUT2D eigenvalue weighted by molar-refractivity contribution is 1.35. The summed E-state index contributed by atoms with van der Waals surface area (Å²) in [6.07, 6.45) is 3.29. The van der Waals surface area contributed by atoms with Crippen LogP contribution in [0.5, 0.6) is 0 Å². The quantitative estimate of drug-likeness (QED) is 0.501. The zero-order chi connectivity index (χ0) is 10.4. The molecule has 0 saturated heterocycles. The fourth-order valence-corrected chi connectivity index (χ4v) is 1.19. The van der Waals surface area contributed by atoms with E-state index in [1.54, 1.807) is 19.3 Å². The lowest BCUT2D eigenvalue weighted by Crippen LogP contribution is -1.99. The first kappa shape index (κ1) is 10.4. The van der Waals surface area contributed by atoms with Gasteiger partial charge in [0.1, 0.15) is 0 Å². The van der Waals surface area contributed by atoms with Crippen molar-refractivity contribution in [1.82, 2.24) is 0 Å². The Morgan fingerprint density at radius 3 is 2.64 bits per heavy atom. The molecular formula is C12H14N2. The molecule has 1 aromatic carbocycles. The predicted octanol–water partition coefficient (Wildman–Crippen LogP) is 2.63. The van der Waals surface area contributed by atoms with Crippen LogP contribution in [-0.2, 0) is 0 Å². The van der Waals surface area contributed by atoms with Gasteiger partial charge in [0.2, 0.25) is 0 Å². The van der Waals surface area contributed by atoms with Gasteiger partial charge in [-0.05, 0) is 12.5 Å². The summed E-state index contributed by atoms with van der Waals surface area (Å²) >= 11 is 0. The fraction of sp³-hybridized carbons (Fsp3) is 0.167. The lowest BCUT2D eigenvalue weighted by Gasteiger charge is -2.03. The zero-order valence-corrected chi connectivity index (χ0v) is 8.57. The molecule has 0 heterocycles. The average Bonchev–Trinajstić information content (AvgIpc) is 2.21. The van der Waals surface area contributed by atoms with Crippen molar-refractivity contribution in [3.63, 3.8) is 0 Å². The number of aryl methyl sites for hydroxylation is 1. The van der Waals surface area contributed by atoms with Crippen LogP contribution in [0.4, 0.5) is 0 Å². The predicted molar refractivity (Wildman–Crippen MR) is 62.3 cm³/mol. The third-order valence-electron chi connectivity index (χ3n) is 1.90. The Morgan fingerprint density at radius 1 is 1.36 bits per heavy atom. The van der Waals surface area contributed by atoms with Gasteiger partial charge in [0.05, 0.1) is 0 Å². The van der Waals surface area contributed by atoms with Crippen molar-refractivity contribution in [3.05, 3.63) is 48.0 Å². The van der Waals surface area contributed by atoms with E-state index < -0.39 is 0 Å². The second-order valence-electron chi connectivity index (χ2n) is 2.88. The number of nitrogens with zero attached hydrogens (tertiary/aromatic N) is 2. The molecule has 0 bridgehead atoms. The van der Waals surface area contributed by atoms with Gasteiger partial charge in [0, 0.05) is 18.8 Å². The molecule has 0 spiro atoms. The van der Waals surface area contributed by atoms with Gasteiger partial charge < -0.3 is 0 Å². The van der Waals surface area contributed by atoms with E-state index in [4.69, 9.17) is 0 Å². The Labute approximate surface area is 84.7 Å². The highest BCUT2D eigenvalue weighted by atomic mass is 14.9. The van der Waals surface area contributed by atoms with E-state index in [0.29, 0.717) is 0 Å². The van der Waals surface area contributed by atoms with Gasteiger partial charge in [-0.25, -0.2) is 4.99 Å². The summed E-state index contributed by atoms with van der Waals surface area (Å²) in [7, 11) is 1.74. The summed E-state index contributed by atoms with van der Waals surface area (Å²) in [6, 6.07) is 8.04. The van der Waals surface area contributed by atoms with Gasteiger partial charge in [-0.15, -0.1) is 0 Å². The molecular weight excluding hydrogens is 172 g/mol. The summed E-state index contributed by atoms with van der Waals surface area (Å²) in [6.45, 7) is 5.62. The number of aliphatic imine (C=N–C) groups is 2. The first-order chi connectivity index (χ1) is 6.79. The van der Waals surface area contributed by atoms with Crippen LogP contribution < -0.4 is 0 Å². The monoisotopic (exact) mass is 186 g/mol. The molecule has 2 heteroatoms. The largest absolute Gasteiger partial charge is 0.270 e. The van der Waals surface area contributed by atoms with Gasteiger partial charge in [0.25, 0.3) is 0 Å². The molecule has 0 aliphatic carbocycles. The van der Waals surface area contributed by atoms with Crippen LogP contribution in [0, 0.1) is 6.92 Å². The number of rotatable bonds is 2. The van der Waals surface area contributed by atoms with Crippen molar-refractivity contribution in [1.29, 1.82) is 0 Å². The van der Waals surface area contributed by atoms with Crippen LogP contribution in [0.3, 0.4) is 0 Å². The second kappa shape index (κ2) is 5.12. The SMILES string of the molecule is C=CC=NC(=NC)c1ccccc1C. The van der Waals surface area contributed by atoms with E-state index in [-0.39, 0.29) is 0 Å². The van der Waals surface area contributed by atoms with Crippen LogP contribution in [0.15, 0.2) is 46.9 Å². The molecule has 0 N–H and O–H groups in total. The Hall–Kier alpha value is -1.70. The van der Waals surface area contributed by atoms with Gasteiger partial charge >= 0.3 is 0 Å². The molecule has 0 amide bonds. The topological polar surface area (TPSA) is 24.7 Å². The summed E-state index contributed by atoms with van der Waals surface area (Å²) in [5.41, 5.74) is 2.24. The first-order valence-corrected chi connectivity index (χ1v) is 4.47. The van der Waals surface area contributed by atoms with Gasteiger partial charge in [-0.2, -0.15) is 0 Å². The van der Waals surface area contributed by atoms with Crippen LogP contribution in [-0.4, -0.2) is 19.1 Å². The Kier molecular flexibility index (Phi) is 3.80. The lowest BCUT2D eigenvalue weighted by atomic mass is 10.1. The molecule has 0 saturated carbocycles. The summed E-state index contributed by atoms with van der Waals surface area (Å²) in [5, 5.41) is 0. The molecule has 0 aromatic heterocycles. The molecule has 72 valence electrons. The maximum atomic E-state index is 4.20. The van der Waals surface area contributed by atoms with Crippen molar-refractivity contribution in [2.24, 2.45) is 9.98 Å². The second-order valence-corrected chi connectivity index (χ2v) is 2.88. The number of benzene rings is 1. The number of hydrogen-bond acceptors (Lipinski definition) is 1. The fourth-order valence-electron chi connectivity index (χ4n) is 1.19. The molecule has 0 unspecified atom stereocenters. The molecule has 0 atom stereocenters. The third-order valence-corrected chi connectivity index (χ3v) is 1.90. The minimum absolute atomic E-state index is 0.739. The highest BCUT2D eigenvalue weighted by Gasteiger charge is 2.01. The Bertz CT molecular complexity index is 376. The maximum absolute atomic E-state index is 4.20. The average molecular weight is 186 g/mol. The van der Waals surface area contributed by atoms with Crippen LogP contribution >= 0.6 is 0 Å². The van der Waals surface area contributed by atoms with Crippen molar-refractivity contribution in [2.45, 2.75) is 6.92 Å². The highest BCUT2D eigenvalue weighted by Crippen LogP contribution is 2.08. The normalized spacial score (nSPS) is 12.0. The summed E-state index contributed by atoms with van der Waals surface area (Å²) in [5.74, 6) is 0.739. The van der Waals surface area contributed by atoms with E-state index in [9.17, 15) is 0 Å². The van der Waals surface area contributed by atoms with Crippen molar-refractivity contribution in [2.75, 3.05) is 7.05 Å². The standard InChI is InChI=1S/C12H14N2/c1-4-9-14-12(13-3)11-8-6-5-7-10(11)2/h4-9H,1H2,2-3H3. The third kappa shape index (κ3) is 2.39. The van der Waals surface area contributed by atoms with Crippen LogP contribution in [0.25, 0.3) is 0 Å². The molecule has 0 aliphatic heterocycles. The van der Waals surface area contributed by atoms with Gasteiger partial charge in [-0.1, -0.05) is 36.9 Å². The summed E-state index contributed by atoms with van der Waals surface area (Å²) in [4.78, 5) is 8.33. The summed E-state index contributed by atoms with van der Waals surface area (Å²) < 4.78 is 0. The molecule has 14 heavy (non-hydrogen) atoms. The highest BCUT2D eigenvalue weighted by molar-refractivity contribution is 6.04. The molecule has 0 aliphatic rings. The van der Waals surface area contributed by atoms with E-state index >= 15 is 0 Å². The minimum atomic E-state index is 0.739. The van der Waals surface area contributed by atoms with Crippen molar-refractivity contribution >= 4 is 12.1 Å². The smallest absolute Gasteiger partial charge is 0.154 e. The van der Waals surface area contributed by atoms with Gasteiger partial charge in [0.15, 0.2) is 5.84 Å². The number of allylic oxidation sites excluding steroid dienone is 1. The maximum Gasteiger partial charge on any atom is 0.154 e. The van der Waals surface area contributed by atoms with Crippen molar-refractivity contribution in [3.8, 4) is 0 Å². The minimum Gasteiger partial charge on any atom is -0.270 e. The Morgan fingerprint density at radius 2 is 2.07 bits per heavy atom.